The van der Waals surface area contributed by atoms with E-state index < -0.39 is 40.7 Å². The largest absolute Gasteiger partial charge is 0.478 e. The van der Waals surface area contributed by atoms with E-state index in [1.165, 1.54) is 0 Å². The van der Waals surface area contributed by atoms with Crippen molar-refractivity contribution in [2.24, 2.45) is 0 Å². The van der Waals surface area contributed by atoms with E-state index >= 15 is 0 Å². The Balaban J connectivity index is 2.34. The molecule has 0 aliphatic rings. The summed E-state index contributed by atoms with van der Waals surface area (Å²) in [5.74, 6) is -5.84. The van der Waals surface area contributed by atoms with Crippen molar-refractivity contribution in [1.29, 1.82) is 0 Å². The van der Waals surface area contributed by atoms with E-state index in [-0.39, 0.29) is 5.56 Å². The number of carbonyl (C=O) groups is 2. The lowest BCUT2D eigenvalue weighted by Crippen LogP contribution is -2.16. The van der Waals surface area contributed by atoms with E-state index in [9.17, 15) is 22.8 Å². The number of benzene rings is 1. The van der Waals surface area contributed by atoms with E-state index in [1.807, 2.05) is 0 Å². The molecule has 1 aromatic heterocycles. The van der Waals surface area contributed by atoms with Gasteiger partial charge < -0.3 is 10.4 Å². The van der Waals surface area contributed by atoms with Crippen LogP contribution in [-0.4, -0.2) is 22.0 Å². The summed E-state index contributed by atoms with van der Waals surface area (Å²) in [6.07, 6.45) is 0.922. The van der Waals surface area contributed by atoms with Crippen molar-refractivity contribution < 1.29 is 27.9 Å². The standard InChI is InChI=1S/C13H7F3N2O3/c14-8-3-7(13(20)21)10(4-9(8)15)18-12(19)6-1-2-11(16)17-5-6/h1-5H,(H,18,19)(H,20,21). The topological polar surface area (TPSA) is 79.3 Å². The third-order valence-electron chi connectivity index (χ3n) is 2.53. The number of nitrogens with one attached hydrogen (secondary N) is 1. The number of rotatable bonds is 3. The van der Waals surface area contributed by atoms with Gasteiger partial charge in [-0.15, -0.1) is 0 Å². The van der Waals surface area contributed by atoms with Gasteiger partial charge in [-0.05, 0) is 18.2 Å². The molecule has 0 bridgehead atoms. The molecular formula is C13H7F3N2O3. The van der Waals surface area contributed by atoms with Gasteiger partial charge in [-0.25, -0.2) is 18.6 Å². The first-order chi connectivity index (χ1) is 9.88. The third-order valence-corrected chi connectivity index (χ3v) is 2.53. The summed E-state index contributed by atoms with van der Waals surface area (Å²) in [5.41, 5.74) is -1.11. The number of aromatic nitrogens is 1. The van der Waals surface area contributed by atoms with Crippen molar-refractivity contribution in [2.75, 3.05) is 5.32 Å². The van der Waals surface area contributed by atoms with Gasteiger partial charge in [-0.3, -0.25) is 4.79 Å². The van der Waals surface area contributed by atoms with Gasteiger partial charge >= 0.3 is 5.97 Å². The second-order valence-electron chi connectivity index (χ2n) is 3.94. The van der Waals surface area contributed by atoms with E-state index in [4.69, 9.17) is 5.11 Å². The molecule has 5 nitrogen and oxygen atoms in total. The van der Waals surface area contributed by atoms with Crippen molar-refractivity contribution in [3.8, 4) is 0 Å². The normalized spacial score (nSPS) is 10.2. The van der Waals surface area contributed by atoms with Gasteiger partial charge in [-0.2, -0.15) is 4.39 Å². The van der Waals surface area contributed by atoms with Gasteiger partial charge in [0.25, 0.3) is 5.91 Å². The fourth-order valence-electron chi connectivity index (χ4n) is 1.53. The molecule has 0 saturated carbocycles. The van der Waals surface area contributed by atoms with Gasteiger partial charge in [0.1, 0.15) is 0 Å². The Bertz CT molecular complexity index is 717. The Morgan fingerprint density at radius 3 is 2.33 bits per heavy atom. The SMILES string of the molecule is O=C(Nc1cc(F)c(F)cc1C(=O)O)c1ccc(F)nc1. The molecule has 0 spiro atoms. The van der Waals surface area contributed by atoms with Crippen molar-refractivity contribution >= 4 is 17.6 Å². The van der Waals surface area contributed by atoms with Crippen LogP contribution < -0.4 is 5.32 Å². The van der Waals surface area contributed by atoms with Crippen LogP contribution in [0.2, 0.25) is 0 Å². The molecule has 8 heteroatoms. The van der Waals surface area contributed by atoms with E-state index in [1.54, 1.807) is 0 Å². The van der Waals surface area contributed by atoms with E-state index in [0.717, 1.165) is 18.3 Å². The number of carboxylic acids is 1. The van der Waals surface area contributed by atoms with E-state index in [0.29, 0.717) is 12.1 Å². The summed E-state index contributed by atoms with van der Waals surface area (Å²) in [4.78, 5) is 26.0. The molecule has 0 aliphatic carbocycles. The third kappa shape index (κ3) is 3.16. The number of carbonyl (C=O) groups excluding carboxylic acids is 1. The molecule has 1 heterocycles. The van der Waals surface area contributed by atoms with Gasteiger partial charge in [-0.1, -0.05) is 0 Å². The molecule has 0 fully saturated rings. The zero-order valence-corrected chi connectivity index (χ0v) is 10.2. The molecule has 108 valence electrons. The first-order valence-corrected chi connectivity index (χ1v) is 5.53. The predicted octanol–water partition coefficient (Wildman–Crippen LogP) is 2.45. The minimum Gasteiger partial charge on any atom is -0.478 e. The van der Waals surface area contributed by atoms with Crippen LogP contribution in [0.5, 0.6) is 0 Å². The molecular weight excluding hydrogens is 289 g/mol. The second kappa shape index (κ2) is 5.61. The number of halogens is 3. The lowest BCUT2D eigenvalue weighted by molar-refractivity contribution is 0.0697. The van der Waals surface area contributed by atoms with Crippen molar-refractivity contribution in [3.63, 3.8) is 0 Å². The molecule has 0 radical (unpaired) electrons. The molecule has 21 heavy (non-hydrogen) atoms. The minimum absolute atomic E-state index is 0.0718. The average Bonchev–Trinajstić information content (AvgIpc) is 2.43. The van der Waals surface area contributed by atoms with Crippen LogP contribution in [0.15, 0.2) is 30.5 Å². The van der Waals surface area contributed by atoms with Gasteiger partial charge in [0.15, 0.2) is 11.6 Å². The zero-order chi connectivity index (χ0) is 15.6. The summed E-state index contributed by atoms with van der Waals surface area (Å²) in [7, 11) is 0. The first-order valence-electron chi connectivity index (χ1n) is 5.53. The lowest BCUT2D eigenvalue weighted by atomic mass is 10.1. The summed E-state index contributed by atoms with van der Waals surface area (Å²) in [6, 6.07) is 3.04. The summed E-state index contributed by atoms with van der Waals surface area (Å²) in [6.45, 7) is 0. The monoisotopic (exact) mass is 296 g/mol. The Hall–Kier alpha value is -2.90. The van der Waals surface area contributed by atoms with Crippen LogP contribution in [0.3, 0.4) is 0 Å². The molecule has 0 saturated heterocycles. The van der Waals surface area contributed by atoms with Gasteiger partial charge in [0.05, 0.1) is 16.8 Å². The lowest BCUT2D eigenvalue weighted by Gasteiger charge is -2.09. The van der Waals surface area contributed by atoms with Crippen LogP contribution in [0, 0.1) is 17.6 Å². The van der Waals surface area contributed by atoms with Crippen molar-refractivity contribution in [3.05, 3.63) is 59.2 Å². The Labute approximate surface area is 116 Å². The summed E-state index contributed by atoms with van der Waals surface area (Å²) >= 11 is 0. The Kier molecular flexibility index (Phi) is 3.88. The molecule has 1 aromatic carbocycles. The van der Waals surface area contributed by atoms with Crippen molar-refractivity contribution in [2.45, 2.75) is 0 Å². The molecule has 2 N–H and O–H groups in total. The fraction of sp³-hybridized carbons (Fsp3) is 0. The minimum atomic E-state index is -1.54. The maximum absolute atomic E-state index is 13.1. The van der Waals surface area contributed by atoms with Crippen LogP contribution in [0.4, 0.5) is 18.9 Å². The highest BCUT2D eigenvalue weighted by Gasteiger charge is 2.17. The number of aromatic carboxylic acids is 1. The number of hydrogen-bond donors (Lipinski definition) is 2. The highest BCUT2D eigenvalue weighted by molar-refractivity contribution is 6.07. The predicted molar refractivity (Wildman–Crippen MR) is 65.5 cm³/mol. The number of pyridine rings is 1. The molecule has 1 amide bonds. The highest BCUT2D eigenvalue weighted by atomic mass is 19.2. The van der Waals surface area contributed by atoms with Gasteiger partial charge in [0.2, 0.25) is 5.95 Å². The molecule has 0 unspecified atom stereocenters. The summed E-state index contributed by atoms with van der Waals surface area (Å²) < 4.78 is 38.8. The average molecular weight is 296 g/mol. The number of amides is 1. The number of anilines is 1. The zero-order valence-electron chi connectivity index (χ0n) is 10.2. The van der Waals surface area contributed by atoms with Crippen LogP contribution in [0.25, 0.3) is 0 Å². The molecule has 2 aromatic rings. The molecule has 2 rings (SSSR count). The fourth-order valence-corrected chi connectivity index (χ4v) is 1.53. The number of carboxylic acid groups (broad SMARTS) is 1. The number of nitrogens with zero attached hydrogens (tertiary/aromatic N) is 1. The van der Waals surface area contributed by atoms with Crippen LogP contribution in [-0.2, 0) is 0 Å². The van der Waals surface area contributed by atoms with Crippen molar-refractivity contribution in [1.82, 2.24) is 4.98 Å². The second-order valence-corrected chi connectivity index (χ2v) is 3.94. The highest BCUT2D eigenvalue weighted by Crippen LogP contribution is 2.21. The first kappa shape index (κ1) is 14.5. The molecule has 0 atom stereocenters. The summed E-state index contributed by atoms with van der Waals surface area (Å²) in [5, 5.41) is 11.0. The Morgan fingerprint density at radius 2 is 1.76 bits per heavy atom. The number of hydrogen-bond acceptors (Lipinski definition) is 3. The smallest absolute Gasteiger partial charge is 0.337 e. The quantitative estimate of drug-likeness (QED) is 0.853. The molecule has 0 aliphatic heterocycles. The maximum Gasteiger partial charge on any atom is 0.337 e. The van der Waals surface area contributed by atoms with Crippen LogP contribution >= 0.6 is 0 Å². The van der Waals surface area contributed by atoms with Crippen LogP contribution in [0.1, 0.15) is 20.7 Å². The van der Waals surface area contributed by atoms with E-state index in [2.05, 4.69) is 10.3 Å². The Morgan fingerprint density at radius 1 is 1.10 bits per heavy atom. The maximum atomic E-state index is 13.1. The van der Waals surface area contributed by atoms with Gasteiger partial charge in [0, 0.05) is 12.3 Å².